The number of esters is 1. The highest BCUT2D eigenvalue weighted by molar-refractivity contribution is 6.03. The molecule has 1 aliphatic carbocycles. The van der Waals surface area contributed by atoms with Crippen molar-refractivity contribution in [3.8, 4) is 0 Å². The Morgan fingerprint density at radius 3 is 2.39 bits per heavy atom. The number of aryl methyl sites for hydroxylation is 1. The number of nitrogens with one attached hydrogen (secondary N) is 1. The topological polar surface area (TPSA) is 90.3 Å². The summed E-state index contributed by atoms with van der Waals surface area (Å²) in [6, 6.07) is 15.7. The molecule has 3 aromatic rings. The molecule has 7 heteroatoms. The predicted octanol–water partition coefficient (Wildman–Crippen LogP) is 2.11. The summed E-state index contributed by atoms with van der Waals surface area (Å²) in [5, 5.41) is 7.71. The fourth-order valence-electron chi connectivity index (χ4n) is 3.02. The molecule has 1 N–H and O–H groups in total. The van der Waals surface area contributed by atoms with E-state index in [1.54, 1.807) is 48.5 Å². The van der Waals surface area contributed by atoms with Crippen LogP contribution in [0.5, 0.6) is 0 Å². The number of amides is 1. The van der Waals surface area contributed by atoms with Crippen molar-refractivity contribution in [3.63, 3.8) is 0 Å². The summed E-state index contributed by atoms with van der Waals surface area (Å²) in [5.74, 6) is -1.12. The standard InChI is InChI=1S/C21H19N3O4/c1-24-20(26)16-10-6-5-9-15(16)17(23-24)21(27)28-18(13-7-3-2-4-8-13)19(25)22-14-11-12-14/h2-10,14,18H,11-12H2,1H3,(H,22,25). The van der Waals surface area contributed by atoms with Crippen LogP contribution in [0.2, 0.25) is 0 Å². The van der Waals surface area contributed by atoms with Gasteiger partial charge in [-0.25, -0.2) is 9.48 Å². The molecule has 7 nitrogen and oxygen atoms in total. The molecule has 0 spiro atoms. The van der Waals surface area contributed by atoms with E-state index >= 15 is 0 Å². The van der Waals surface area contributed by atoms with Gasteiger partial charge in [0.25, 0.3) is 11.5 Å². The van der Waals surface area contributed by atoms with Crippen LogP contribution in [-0.2, 0) is 16.6 Å². The first kappa shape index (κ1) is 17.9. The van der Waals surface area contributed by atoms with Gasteiger partial charge in [-0.1, -0.05) is 48.5 Å². The van der Waals surface area contributed by atoms with E-state index < -0.39 is 12.1 Å². The number of hydrogen-bond acceptors (Lipinski definition) is 5. The third-order valence-electron chi connectivity index (χ3n) is 4.64. The molecule has 1 saturated carbocycles. The van der Waals surface area contributed by atoms with Gasteiger partial charge in [0.15, 0.2) is 5.69 Å². The number of carbonyl (C=O) groups is 2. The van der Waals surface area contributed by atoms with Crippen molar-refractivity contribution in [3.05, 3.63) is 76.2 Å². The van der Waals surface area contributed by atoms with E-state index in [-0.39, 0.29) is 23.2 Å². The maximum Gasteiger partial charge on any atom is 0.360 e. The molecule has 0 saturated heterocycles. The summed E-state index contributed by atoms with van der Waals surface area (Å²) in [5.41, 5.74) is 0.263. The van der Waals surface area contributed by atoms with Crippen LogP contribution in [-0.4, -0.2) is 27.7 Å². The van der Waals surface area contributed by atoms with Crippen LogP contribution in [0.1, 0.15) is 35.0 Å². The molecule has 1 aliphatic rings. The molecule has 0 radical (unpaired) electrons. The van der Waals surface area contributed by atoms with Crippen molar-refractivity contribution in [1.82, 2.24) is 15.1 Å². The van der Waals surface area contributed by atoms with E-state index in [4.69, 9.17) is 4.74 Å². The Bertz CT molecular complexity index is 1100. The average molecular weight is 377 g/mol. The van der Waals surface area contributed by atoms with Gasteiger partial charge in [0.05, 0.1) is 5.39 Å². The Morgan fingerprint density at radius 2 is 1.71 bits per heavy atom. The van der Waals surface area contributed by atoms with Gasteiger partial charge in [-0.2, -0.15) is 5.10 Å². The molecular weight excluding hydrogens is 358 g/mol. The highest BCUT2D eigenvalue weighted by atomic mass is 16.5. The first-order valence-corrected chi connectivity index (χ1v) is 9.07. The van der Waals surface area contributed by atoms with Crippen LogP contribution in [0.4, 0.5) is 0 Å². The fourth-order valence-corrected chi connectivity index (χ4v) is 3.02. The SMILES string of the molecule is Cn1nc(C(=O)OC(C(=O)NC2CC2)c2ccccc2)c2ccccc2c1=O. The number of carbonyl (C=O) groups excluding carboxylic acids is 2. The van der Waals surface area contributed by atoms with Crippen molar-refractivity contribution >= 4 is 22.6 Å². The van der Waals surface area contributed by atoms with E-state index in [0.717, 1.165) is 17.5 Å². The molecule has 1 atom stereocenters. The molecule has 1 aromatic heterocycles. The molecule has 2 aromatic carbocycles. The molecule has 28 heavy (non-hydrogen) atoms. The number of ether oxygens (including phenoxy) is 1. The Balaban J connectivity index is 1.70. The number of hydrogen-bond donors (Lipinski definition) is 1. The van der Waals surface area contributed by atoms with Gasteiger partial charge in [-0.3, -0.25) is 9.59 Å². The van der Waals surface area contributed by atoms with Crippen LogP contribution in [0, 0.1) is 0 Å². The maximum absolute atomic E-state index is 12.9. The summed E-state index contributed by atoms with van der Waals surface area (Å²) >= 11 is 0. The predicted molar refractivity (Wildman–Crippen MR) is 103 cm³/mol. The van der Waals surface area contributed by atoms with Gasteiger partial charge < -0.3 is 10.1 Å². The van der Waals surface area contributed by atoms with Crippen molar-refractivity contribution in [1.29, 1.82) is 0 Å². The Morgan fingerprint density at radius 1 is 1.07 bits per heavy atom. The van der Waals surface area contributed by atoms with E-state index in [0.29, 0.717) is 16.3 Å². The van der Waals surface area contributed by atoms with Crippen LogP contribution in [0.25, 0.3) is 10.8 Å². The van der Waals surface area contributed by atoms with Gasteiger partial charge in [-0.05, 0) is 18.9 Å². The minimum Gasteiger partial charge on any atom is -0.442 e. The quantitative estimate of drug-likeness (QED) is 0.688. The summed E-state index contributed by atoms with van der Waals surface area (Å²) < 4.78 is 6.69. The summed E-state index contributed by atoms with van der Waals surface area (Å²) in [4.78, 5) is 37.9. The van der Waals surface area contributed by atoms with Crippen LogP contribution in [0.3, 0.4) is 0 Å². The van der Waals surface area contributed by atoms with E-state index in [2.05, 4.69) is 10.4 Å². The highest BCUT2D eigenvalue weighted by Gasteiger charge is 2.32. The van der Waals surface area contributed by atoms with Crippen LogP contribution >= 0.6 is 0 Å². The molecule has 0 aliphatic heterocycles. The Labute approximate surface area is 160 Å². The third-order valence-corrected chi connectivity index (χ3v) is 4.64. The summed E-state index contributed by atoms with van der Waals surface area (Å²) in [6.07, 6.45) is 0.759. The van der Waals surface area contributed by atoms with Gasteiger partial charge >= 0.3 is 5.97 Å². The van der Waals surface area contributed by atoms with Gasteiger partial charge in [-0.15, -0.1) is 0 Å². The molecule has 4 rings (SSSR count). The Kier molecular flexibility index (Phi) is 4.65. The van der Waals surface area contributed by atoms with Crippen LogP contribution in [0.15, 0.2) is 59.4 Å². The average Bonchev–Trinajstić information content (AvgIpc) is 3.53. The molecular formula is C21H19N3O4. The maximum atomic E-state index is 12.9. The number of aromatic nitrogens is 2. The van der Waals surface area contributed by atoms with E-state index in [1.165, 1.54) is 7.05 Å². The van der Waals surface area contributed by atoms with Gasteiger partial charge in [0.2, 0.25) is 6.10 Å². The zero-order chi connectivity index (χ0) is 19.7. The van der Waals surface area contributed by atoms with Crippen molar-refractivity contribution in [2.75, 3.05) is 0 Å². The molecule has 1 heterocycles. The fraction of sp³-hybridized carbons (Fsp3) is 0.238. The van der Waals surface area contributed by atoms with Crippen molar-refractivity contribution < 1.29 is 14.3 Å². The zero-order valence-electron chi connectivity index (χ0n) is 15.3. The van der Waals surface area contributed by atoms with Gasteiger partial charge in [0, 0.05) is 24.0 Å². The molecule has 1 amide bonds. The lowest BCUT2D eigenvalue weighted by molar-refractivity contribution is -0.130. The van der Waals surface area contributed by atoms with Crippen molar-refractivity contribution in [2.24, 2.45) is 7.05 Å². The van der Waals surface area contributed by atoms with E-state index in [9.17, 15) is 14.4 Å². The molecule has 1 fully saturated rings. The lowest BCUT2D eigenvalue weighted by atomic mass is 10.1. The summed E-state index contributed by atoms with van der Waals surface area (Å²) in [6.45, 7) is 0. The molecule has 0 bridgehead atoms. The van der Waals surface area contributed by atoms with Crippen molar-refractivity contribution in [2.45, 2.75) is 25.0 Å². The highest BCUT2D eigenvalue weighted by Crippen LogP contribution is 2.24. The zero-order valence-corrected chi connectivity index (χ0v) is 15.3. The number of rotatable bonds is 5. The molecule has 1 unspecified atom stereocenters. The smallest absolute Gasteiger partial charge is 0.360 e. The normalized spacial score (nSPS) is 14.5. The van der Waals surface area contributed by atoms with Gasteiger partial charge in [0.1, 0.15) is 0 Å². The van der Waals surface area contributed by atoms with Crippen LogP contribution < -0.4 is 10.9 Å². The lowest BCUT2D eigenvalue weighted by Crippen LogP contribution is -2.34. The number of benzene rings is 2. The lowest BCUT2D eigenvalue weighted by Gasteiger charge is -2.18. The second-order valence-corrected chi connectivity index (χ2v) is 6.80. The minimum atomic E-state index is -1.09. The first-order chi connectivity index (χ1) is 13.5. The second kappa shape index (κ2) is 7.26. The number of fused-ring (bicyclic) bond motifs is 1. The second-order valence-electron chi connectivity index (χ2n) is 6.80. The largest absolute Gasteiger partial charge is 0.442 e. The minimum absolute atomic E-state index is 0.00199. The number of nitrogens with zero attached hydrogens (tertiary/aromatic N) is 2. The van der Waals surface area contributed by atoms with E-state index in [1.807, 2.05) is 6.07 Å². The monoisotopic (exact) mass is 377 g/mol. The summed E-state index contributed by atoms with van der Waals surface area (Å²) in [7, 11) is 1.47. The molecule has 142 valence electrons. The third kappa shape index (κ3) is 3.51. The first-order valence-electron chi connectivity index (χ1n) is 9.07. The Hall–Kier alpha value is -3.48.